The number of benzene rings is 2. The molecule has 0 amide bonds. The van der Waals surface area contributed by atoms with E-state index in [0.717, 1.165) is 45.2 Å². The van der Waals surface area contributed by atoms with E-state index in [4.69, 9.17) is 14.5 Å². The van der Waals surface area contributed by atoms with E-state index in [1.807, 2.05) is 43.5 Å². The van der Waals surface area contributed by atoms with Crippen molar-refractivity contribution in [3.05, 3.63) is 65.4 Å². The van der Waals surface area contributed by atoms with Gasteiger partial charge in [-0.15, -0.1) is 0 Å². The molecule has 7 heteroatoms. The van der Waals surface area contributed by atoms with E-state index in [0.29, 0.717) is 24.8 Å². The minimum atomic E-state index is -0.267. The third-order valence-corrected chi connectivity index (χ3v) is 5.36. The first-order valence-corrected chi connectivity index (χ1v) is 9.80. The summed E-state index contributed by atoms with van der Waals surface area (Å²) < 4.78 is 26.8. The Balaban J connectivity index is 1.64. The Morgan fingerprint density at radius 3 is 2.43 bits per heavy atom. The third kappa shape index (κ3) is 3.03. The van der Waals surface area contributed by atoms with Crippen molar-refractivity contribution in [2.45, 2.75) is 20.8 Å². The van der Waals surface area contributed by atoms with Gasteiger partial charge in [0, 0.05) is 23.1 Å². The summed E-state index contributed by atoms with van der Waals surface area (Å²) in [6.07, 6.45) is 0. The lowest BCUT2D eigenvalue weighted by molar-refractivity contribution is 0.171. The first-order chi connectivity index (χ1) is 14.5. The summed E-state index contributed by atoms with van der Waals surface area (Å²) in [5.41, 5.74) is 4.58. The number of hydrogen-bond acceptors (Lipinski definition) is 5. The summed E-state index contributed by atoms with van der Waals surface area (Å²) >= 11 is 0. The first-order valence-electron chi connectivity index (χ1n) is 9.80. The van der Waals surface area contributed by atoms with Crippen molar-refractivity contribution in [2.75, 3.05) is 18.5 Å². The maximum absolute atomic E-state index is 13.4. The van der Waals surface area contributed by atoms with Crippen LogP contribution in [0.25, 0.3) is 16.7 Å². The zero-order valence-corrected chi connectivity index (χ0v) is 17.0. The van der Waals surface area contributed by atoms with Crippen LogP contribution in [0.3, 0.4) is 0 Å². The van der Waals surface area contributed by atoms with Crippen LogP contribution in [-0.4, -0.2) is 27.7 Å². The molecule has 0 saturated heterocycles. The van der Waals surface area contributed by atoms with Gasteiger partial charge in [-0.3, -0.25) is 4.57 Å². The van der Waals surface area contributed by atoms with Crippen molar-refractivity contribution in [1.82, 2.24) is 14.5 Å². The fourth-order valence-electron chi connectivity index (χ4n) is 3.83. The van der Waals surface area contributed by atoms with Crippen LogP contribution < -0.4 is 14.8 Å². The van der Waals surface area contributed by atoms with E-state index in [2.05, 4.69) is 10.3 Å². The molecule has 6 nitrogen and oxygen atoms in total. The monoisotopic (exact) mass is 404 g/mol. The van der Waals surface area contributed by atoms with Gasteiger partial charge in [-0.05, 0) is 62.7 Å². The van der Waals surface area contributed by atoms with Crippen LogP contribution in [0, 0.1) is 26.6 Å². The average molecular weight is 404 g/mol. The molecule has 0 unspecified atom stereocenters. The molecule has 2 aromatic carbocycles. The summed E-state index contributed by atoms with van der Waals surface area (Å²) in [7, 11) is 0. The lowest BCUT2D eigenvalue weighted by atomic mass is 10.2. The predicted octanol–water partition coefficient (Wildman–Crippen LogP) is 5.00. The number of halogens is 1. The SMILES string of the molecule is Cc1nc(Nc2ccc3c(c2)OCCO3)c2c(C)c(C)n(-c3ccc(F)cc3)c2n1. The molecule has 0 saturated carbocycles. The number of hydrogen-bond donors (Lipinski definition) is 1. The first kappa shape index (κ1) is 18.4. The van der Waals surface area contributed by atoms with E-state index in [1.54, 1.807) is 12.1 Å². The molecule has 30 heavy (non-hydrogen) atoms. The number of ether oxygens (including phenoxy) is 2. The topological polar surface area (TPSA) is 61.2 Å². The molecule has 1 aliphatic heterocycles. The van der Waals surface area contributed by atoms with Crippen molar-refractivity contribution >= 4 is 22.5 Å². The van der Waals surface area contributed by atoms with Crippen LogP contribution in [-0.2, 0) is 0 Å². The largest absolute Gasteiger partial charge is 0.486 e. The van der Waals surface area contributed by atoms with Crippen LogP contribution in [0.1, 0.15) is 17.1 Å². The van der Waals surface area contributed by atoms with E-state index in [9.17, 15) is 4.39 Å². The summed E-state index contributed by atoms with van der Waals surface area (Å²) in [4.78, 5) is 9.37. The van der Waals surface area contributed by atoms with Gasteiger partial charge < -0.3 is 14.8 Å². The lowest BCUT2D eigenvalue weighted by Crippen LogP contribution is -2.15. The van der Waals surface area contributed by atoms with Crippen molar-refractivity contribution < 1.29 is 13.9 Å². The minimum Gasteiger partial charge on any atom is -0.486 e. The molecule has 0 fully saturated rings. The summed E-state index contributed by atoms with van der Waals surface area (Å²) in [6, 6.07) is 12.2. The molecule has 5 rings (SSSR count). The van der Waals surface area contributed by atoms with E-state index in [-0.39, 0.29) is 5.82 Å². The quantitative estimate of drug-likeness (QED) is 0.521. The molecule has 4 aromatic rings. The van der Waals surface area contributed by atoms with Gasteiger partial charge in [0.1, 0.15) is 30.7 Å². The molecule has 1 N–H and O–H groups in total. The van der Waals surface area contributed by atoms with Gasteiger partial charge >= 0.3 is 0 Å². The molecule has 152 valence electrons. The zero-order chi connectivity index (χ0) is 20.8. The van der Waals surface area contributed by atoms with E-state index < -0.39 is 0 Å². The van der Waals surface area contributed by atoms with Gasteiger partial charge in [0.15, 0.2) is 17.1 Å². The number of aryl methyl sites for hydroxylation is 2. The highest BCUT2D eigenvalue weighted by molar-refractivity contribution is 5.94. The molecule has 0 atom stereocenters. The molecular weight excluding hydrogens is 383 g/mol. The van der Waals surface area contributed by atoms with Gasteiger partial charge in [0.05, 0.1) is 5.39 Å². The Labute approximate surface area is 173 Å². The van der Waals surface area contributed by atoms with Gasteiger partial charge in [0.25, 0.3) is 0 Å². The van der Waals surface area contributed by atoms with Gasteiger partial charge in [-0.1, -0.05) is 0 Å². The highest BCUT2D eigenvalue weighted by Gasteiger charge is 2.20. The van der Waals surface area contributed by atoms with Crippen LogP contribution >= 0.6 is 0 Å². The predicted molar refractivity (Wildman–Crippen MR) is 114 cm³/mol. The number of rotatable bonds is 3. The molecule has 0 bridgehead atoms. The number of aromatic nitrogens is 3. The van der Waals surface area contributed by atoms with Crippen LogP contribution in [0.15, 0.2) is 42.5 Å². The molecule has 3 heterocycles. The number of nitrogens with one attached hydrogen (secondary N) is 1. The Morgan fingerprint density at radius 1 is 0.933 bits per heavy atom. The highest BCUT2D eigenvalue weighted by Crippen LogP contribution is 2.36. The Hall–Kier alpha value is -3.61. The van der Waals surface area contributed by atoms with Gasteiger partial charge in [0.2, 0.25) is 0 Å². The third-order valence-electron chi connectivity index (χ3n) is 5.36. The molecular formula is C23H21FN4O2. The smallest absolute Gasteiger partial charge is 0.163 e. The highest BCUT2D eigenvalue weighted by atomic mass is 19.1. The van der Waals surface area contributed by atoms with Gasteiger partial charge in [-0.25, -0.2) is 14.4 Å². The number of anilines is 2. The summed E-state index contributed by atoms with van der Waals surface area (Å²) in [5.74, 6) is 2.55. The van der Waals surface area contributed by atoms with Crippen molar-refractivity contribution in [1.29, 1.82) is 0 Å². The average Bonchev–Trinajstić information content (AvgIpc) is 2.99. The maximum Gasteiger partial charge on any atom is 0.163 e. The molecule has 0 spiro atoms. The van der Waals surface area contributed by atoms with Crippen LogP contribution in [0.5, 0.6) is 11.5 Å². The maximum atomic E-state index is 13.4. The molecule has 1 aliphatic rings. The van der Waals surface area contributed by atoms with Crippen LogP contribution in [0.2, 0.25) is 0 Å². The molecule has 0 aliphatic carbocycles. The van der Waals surface area contributed by atoms with Crippen molar-refractivity contribution in [3.8, 4) is 17.2 Å². The standard InChI is InChI=1S/C23H21FN4O2/c1-13-14(2)28(18-7-4-16(24)5-8-18)23-21(13)22(25-15(3)26-23)27-17-6-9-19-20(12-17)30-11-10-29-19/h4-9,12H,10-11H2,1-3H3,(H,25,26,27). The fraction of sp³-hybridized carbons (Fsp3) is 0.217. The summed E-state index contributed by atoms with van der Waals surface area (Å²) in [5, 5.41) is 4.35. The Kier molecular flexibility index (Phi) is 4.31. The second-order valence-corrected chi connectivity index (χ2v) is 7.32. The second-order valence-electron chi connectivity index (χ2n) is 7.32. The van der Waals surface area contributed by atoms with E-state index >= 15 is 0 Å². The minimum absolute atomic E-state index is 0.267. The van der Waals surface area contributed by atoms with Crippen molar-refractivity contribution in [3.63, 3.8) is 0 Å². The number of fused-ring (bicyclic) bond motifs is 2. The molecule has 0 radical (unpaired) electrons. The fourth-order valence-corrected chi connectivity index (χ4v) is 3.83. The Bertz CT molecular complexity index is 1260. The molecule has 2 aromatic heterocycles. The van der Waals surface area contributed by atoms with Crippen LogP contribution in [0.4, 0.5) is 15.9 Å². The normalized spacial score (nSPS) is 12.9. The van der Waals surface area contributed by atoms with Crippen molar-refractivity contribution in [2.24, 2.45) is 0 Å². The number of nitrogens with zero attached hydrogens (tertiary/aromatic N) is 3. The zero-order valence-electron chi connectivity index (χ0n) is 17.0. The Morgan fingerprint density at radius 2 is 1.67 bits per heavy atom. The summed E-state index contributed by atoms with van der Waals surface area (Å²) in [6.45, 7) is 7.03. The second kappa shape index (κ2) is 7.02. The lowest BCUT2D eigenvalue weighted by Gasteiger charge is -2.19. The van der Waals surface area contributed by atoms with Gasteiger partial charge in [-0.2, -0.15) is 0 Å². The van der Waals surface area contributed by atoms with E-state index in [1.165, 1.54) is 12.1 Å².